The molecule has 0 fully saturated rings. The van der Waals surface area contributed by atoms with Gasteiger partial charge in [-0.05, 0) is 0 Å². The number of ether oxygens (including phenoxy) is 1. The van der Waals surface area contributed by atoms with Gasteiger partial charge in [-0.1, -0.05) is 0 Å². The summed E-state index contributed by atoms with van der Waals surface area (Å²) in [5, 5.41) is 0. The minimum absolute atomic E-state index is 0.166. The molecular weight excluding hydrogens is 318 g/mol. The molecule has 37 valence electrons. The first-order valence-corrected chi connectivity index (χ1v) is 4.70. The fourth-order valence-corrected chi connectivity index (χ4v) is 0.482. The Labute approximate surface area is 61.1 Å². The number of esters is 1. The second-order valence-electron chi connectivity index (χ2n) is 0.833. The summed E-state index contributed by atoms with van der Waals surface area (Å²) in [6.07, 6.45) is 1.16. The van der Waals surface area contributed by atoms with Crippen LogP contribution in [0.3, 0.4) is 0 Å². The first-order chi connectivity index (χ1) is 3.31. The number of hydrogen-bond acceptors (Lipinski definition) is 2. The van der Waals surface area contributed by atoms with Crippen LogP contribution >= 0.6 is 0 Å². The van der Waals surface area contributed by atoms with Gasteiger partial charge in [0.2, 0.25) is 0 Å². The van der Waals surface area contributed by atoms with Crippen molar-refractivity contribution in [3.05, 3.63) is 12.8 Å². The average Bonchev–Trinajstić information content (AvgIpc) is 1.68. The molecule has 0 aromatic rings. The van der Waals surface area contributed by atoms with Crippen molar-refractivity contribution in [2.24, 2.45) is 0 Å². The SMILES string of the molecule is C=COC(=O)[CH2][U]. The van der Waals surface area contributed by atoms with E-state index in [1.54, 1.807) is 0 Å². The monoisotopic (exact) mass is 323 g/mol. The van der Waals surface area contributed by atoms with Gasteiger partial charge in [-0.25, -0.2) is 0 Å². The molecule has 0 heterocycles. The van der Waals surface area contributed by atoms with Crippen LogP contribution in [-0.2, 0) is 9.53 Å². The zero-order valence-electron chi connectivity index (χ0n) is 3.81. The van der Waals surface area contributed by atoms with Gasteiger partial charge in [-0.3, -0.25) is 0 Å². The number of carbonyl (C=O) groups is 1. The van der Waals surface area contributed by atoms with E-state index in [1.807, 2.05) is 0 Å². The molecule has 0 N–H and O–H groups in total. The summed E-state index contributed by atoms with van der Waals surface area (Å²) in [6, 6.07) is 0. The van der Waals surface area contributed by atoms with Crippen LogP contribution in [0.2, 0.25) is 3.45 Å². The molecule has 0 aliphatic carbocycles. The summed E-state index contributed by atoms with van der Waals surface area (Å²) in [5.74, 6) is -0.166. The zero-order chi connectivity index (χ0) is 5.70. The summed E-state index contributed by atoms with van der Waals surface area (Å²) in [5.41, 5.74) is 0. The molecule has 0 aromatic carbocycles. The minimum atomic E-state index is -0.166. The molecule has 0 aromatic heterocycles. The van der Waals surface area contributed by atoms with Crippen molar-refractivity contribution >= 4 is 5.97 Å². The van der Waals surface area contributed by atoms with Crippen LogP contribution in [0.25, 0.3) is 0 Å². The summed E-state index contributed by atoms with van der Waals surface area (Å²) in [7, 11) is 0. The third-order valence-corrected chi connectivity index (χ3v) is 1.56. The Morgan fingerprint density at radius 3 is 2.71 bits per heavy atom. The van der Waals surface area contributed by atoms with Crippen molar-refractivity contribution in [2.75, 3.05) is 0 Å². The van der Waals surface area contributed by atoms with Crippen molar-refractivity contribution in [2.45, 2.75) is 3.45 Å². The van der Waals surface area contributed by atoms with Gasteiger partial charge in [0.15, 0.2) is 0 Å². The molecule has 0 bridgehead atoms. The summed E-state index contributed by atoms with van der Waals surface area (Å²) in [4.78, 5) is 10.2. The second kappa shape index (κ2) is 4.42. The Morgan fingerprint density at radius 1 is 2.00 bits per heavy atom. The number of hydrogen-bond donors (Lipinski definition) is 0. The van der Waals surface area contributed by atoms with Crippen LogP contribution in [0, 0.1) is 29.4 Å². The van der Waals surface area contributed by atoms with Crippen molar-refractivity contribution < 1.29 is 39.0 Å². The van der Waals surface area contributed by atoms with E-state index >= 15 is 0 Å². The summed E-state index contributed by atoms with van der Waals surface area (Å²) >= 11 is 0.682. The summed E-state index contributed by atoms with van der Waals surface area (Å²) in [6.45, 7) is 3.22. The molecule has 0 amide bonds. The number of carbonyl (C=O) groups excluding carboxylic acids is 1. The van der Waals surface area contributed by atoms with Gasteiger partial charge in [-0.15, -0.1) is 0 Å². The maximum atomic E-state index is 10.2. The Morgan fingerprint density at radius 2 is 2.57 bits per heavy atom. The molecule has 0 aliphatic heterocycles. The van der Waals surface area contributed by atoms with Crippen molar-refractivity contribution in [1.29, 1.82) is 0 Å². The molecule has 0 spiro atoms. The zero-order valence-corrected chi connectivity index (χ0v) is 7.97. The third kappa shape index (κ3) is 4.11. The number of rotatable bonds is 2. The molecule has 0 radical (unpaired) electrons. The molecule has 0 unspecified atom stereocenters. The average molecular weight is 323 g/mol. The molecule has 2 nitrogen and oxygen atoms in total. The standard InChI is InChI=1S/C4H5O2.U/c1-3-6-4(2)5;/h3H,1-2H2;. The normalized spacial score (nSPS) is 7.71. The molecule has 0 saturated carbocycles. The van der Waals surface area contributed by atoms with Crippen molar-refractivity contribution in [3.8, 4) is 0 Å². The molecule has 3 heteroatoms. The van der Waals surface area contributed by atoms with E-state index in [9.17, 15) is 4.79 Å². The predicted molar refractivity (Wildman–Crippen MR) is 21.1 cm³/mol. The van der Waals surface area contributed by atoms with Crippen molar-refractivity contribution in [1.82, 2.24) is 0 Å². The molecular formula is C4H5O2U. The van der Waals surface area contributed by atoms with Gasteiger partial charge in [-0.2, -0.15) is 0 Å². The van der Waals surface area contributed by atoms with Gasteiger partial charge < -0.3 is 0 Å². The molecule has 0 saturated heterocycles. The first kappa shape index (κ1) is 7.26. The van der Waals surface area contributed by atoms with E-state index in [2.05, 4.69) is 11.3 Å². The van der Waals surface area contributed by atoms with Gasteiger partial charge in [0.1, 0.15) is 0 Å². The molecule has 7 heavy (non-hydrogen) atoms. The van der Waals surface area contributed by atoms with Gasteiger partial charge in [0.25, 0.3) is 0 Å². The van der Waals surface area contributed by atoms with Crippen LogP contribution in [0.4, 0.5) is 0 Å². The second-order valence-corrected chi connectivity index (χ2v) is 2.31. The van der Waals surface area contributed by atoms with Gasteiger partial charge in [0, 0.05) is 0 Å². The maximum absolute atomic E-state index is 10.2. The van der Waals surface area contributed by atoms with Crippen LogP contribution in [0.15, 0.2) is 12.8 Å². The predicted octanol–water partition coefficient (Wildman–Crippen LogP) is 0.641. The Bertz CT molecular complexity index is 79.8. The van der Waals surface area contributed by atoms with Crippen molar-refractivity contribution in [3.63, 3.8) is 0 Å². The van der Waals surface area contributed by atoms with E-state index in [0.29, 0.717) is 32.9 Å². The Balaban J connectivity index is 3.17. The van der Waals surface area contributed by atoms with Gasteiger partial charge >= 0.3 is 61.2 Å². The van der Waals surface area contributed by atoms with E-state index < -0.39 is 0 Å². The van der Waals surface area contributed by atoms with Gasteiger partial charge in [0.05, 0.1) is 0 Å². The quantitative estimate of drug-likeness (QED) is 0.551. The van der Waals surface area contributed by atoms with E-state index in [-0.39, 0.29) is 5.97 Å². The Hall–Kier alpha value is 0.262. The summed E-state index contributed by atoms with van der Waals surface area (Å²) < 4.78 is 4.94. The molecule has 0 aliphatic rings. The van der Waals surface area contributed by atoms with E-state index in [4.69, 9.17) is 0 Å². The van der Waals surface area contributed by atoms with E-state index in [0.717, 1.165) is 6.26 Å². The van der Waals surface area contributed by atoms with Crippen LogP contribution < -0.4 is 0 Å². The van der Waals surface area contributed by atoms with Crippen LogP contribution in [0.1, 0.15) is 0 Å². The van der Waals surface area contributed by atoms with Crippen LogP contribution in [0.5, 0.6) is 0 Å². The van der Waals surface area contributed by atoms with E-state index in [1.165, 1.54) is 0 Å². The fourth-order valence-electron chi connectivity index (χ4n) is 0.135. The Kier molecular flexibility index (Phi) is 4.59. The fraction of sp³-hybridized carbons (Fsp3) is 0.250. The molecule has 0 rings (SSSR count). The topological polar surface area (TPSA) is 26.3 Å². The molecule has 0 atom stereocenters. The van der Waals surface area contributed by atoms with Crippen LogP contribution in [-0.4, -0.2) is 5.97 Å². The third-order valence-electron chi connectivity index (χ3n) is 0.359. The first-order valence-electron chi connectivity index (χ1n) is 1.76.